The molecule has 1 aromatic carbocycles. The molecule has 1 rings (SSSR count). The Morgan fingerprint density at radius 2 is 1.70 bits per heavy atom. The molecule has 126 valence electrons. The molecule has 23 heavy (non-hydrogen) atoms. The zero-order valence-electron chi connectivity index (χ0n) is 15.1. The second-order valence-electron chi connectivity index (χ2n) is 6.36. The van der Waals surface area contributed by atoms with Crippen molar-refractivity contribution in [3.63, 3.8) is 0 Å². The third-order valence-corrected chi connectivity index (χ3v) is 4.62. The van der Waals surface area contributed by atoms with E-state index < -0.39 is 0 Å². The van der Waals surface area contributed by atoms with Crippen LogP contribution in [0, 0.1) is 0 Å². The van der Waals surface area contributed by atoms with E-state index >= 15 is 0 Å². The first kappa shape index (κ1) is 19.9. The highest BCUT2D eigenvalue weighted by molar-refractivity contribution is 9.10. The summed E-state index contributed by atoms with van der Waals surface area (Å²) in [5.74, 6) is 0.464. The summed E-state index contributed by atoms with van der Waals surface area (Å²) in [6, 6.07) is 8.72. The fourth-order valence-electron chi connectivity index (χ4n) is 2.40. The molecule has 1 atom stereocenters. The molecule has 0 radical (unpaired) electrons. The highest BCUT2D eigenvalue weighted by Gasteiger charge is 2.13. The zero-order valence-corrected chi connectivity index (χ0v) is 16.7. The van der Waals surface area contributed by atoms with Crippen LogP contribution in [-0.4, -0.2) is 25.5 Å². The first-order chi connectivity index (χ1) is 10.9. The Morgan fingerprint density at radius 1 is 1.09 bits per heavy atom. The molecule has 0 saturated heterocycles. The van der Waals surface area contributed by atoms with Crippen LogP contribution in [0.5, 0.6) is 0 Å². The molecule has 0 aliphatic rings. The summed E-state index contributed by atoms with van der Waals surface area (Å²) in [7, 11) is 4.27. The Bertz CT molecular complexity index is 550. The predicted octanol–water partition coefficient (Wildman–Crippen LogP) is 6.34. The molecular formula is C21H30BrN. The van der Waals surface area contributed by atoms with Gasteiger partial charge in [-0.2, -0.15) is 0 Å². The van der Waals surface area contributed by atoms with Gasteiger partial charge in [-0.05, 0) is 65.0 Å². The molecular weight excluding hydrogens is 346 g/mol. The van der Waals surface area contributed by atoms with Crippen LogP contribution in [0.25, 0.3) is 0 Å². The summed E-state index contributed by atoms with van der Waals surface area (Å²) >= 11 is 3.52. The first-order valence-electron chi connectivity index (χ1n) is 8.34. The number of hydrogen-bond acceptors (Lipinski definition) is 1. The van der Waals surface area contributed by atoms with Crippen molar-refractivity contribution < 1.29 is 0 Å². The van der Waals surface area contributed by atoms with Crippen LogP contribution in [0.4, 0.5) is 0 Å². The lowest BCUT2D eigenvalue weighted by atomic mass is 9.88. The summed E-state index contributed by atoms with van der Waals surface area (Å²) in [4.78, 5) is 2.25. The Morgan fingerprint density at radius 3 is 2.26 bits per heavy atom. The van der Waals surface area contributed by atoms with Gasteiger partial charge in [-0.1, -0.05) is 70.4 Å². The van der Waals surface area contributed by atoms with Gasteiger partial charge < -0.3 is 4.90 Å². The summed E-state index contributed by atoms with van der Waals surface area (Å²) < 4.78 is 1.13. The highest BCUT2D eigenvalue weighted by Crippen LogP contribution is 2.29. The number of hydrogen-bond donors (Lipinski definition) is 0. The van der Waals surface area contributed by atoms with Crippen LogP contribution in [0.2, 0.25) is 0 Å². The van der Waals surface area contributed by atoms with Crippen molar-refractivity contribution in [1.29, 1.82) is 0 Å². The summed E-state index contributed by atoms with van der Waals surface area (Å²) in [5, 5.41) is 0. The molecule has 0 aliphatic heterocycles. The second kappa shape index (κ2) is 10.6. The van der Waals surface area contributed by atoms with Crippen LogP contribution in [0.1, 0.15) is 45.1 Å². The lowest BCUT2D eigenvalue weighted by molar-refractivity contribution is 0.389. The van der Waals surface area contributed by atoms with Gasteiger partial charge >= 0.3 is 0 Å². The average molecular weight is 376 g/mol. The zero-order chi connectivity index (χ0) is 17.2. The number of rotatable bonds is 8. The normalized spacial score (nSPS) is 14.7. The molecule has 0 heterocycles. The third kappa shape index (κ3) is 7.81. The summed E-state index contributed by atoms with van der Waals surface area (Å²) in [5.41, 5.74) is 4.20. The number of nitrogens with zero attached hydrogens (tertiary/aromatic N) is 1. The van der Waals surface area contributed by atoms with Crippen molar-refractivity contribution in [3.8, 4) is 0 Å². The van der Waals surface area contributed by atoms with E-state index in [1.54, 1.807) is 0 Å². The van der Waals surface area contributed by atoms with Crippen molar-refractivity contribution >= 4 is 15.9 Å². The van der Waals surface area contributed by atoms with Crippen molar-refractivity contribution in [3.05, 3.63) is 69.8 Å². The standard InChI is InChI=1S/C21H30BrN/c1-6-17(2)9-7-8-10-18(3)21(15-16-23(4)5)19-11-13-20(22)14-12-19/h7-14,21H,6,15-16H2,1-5H3/b8-7-,17-9+,18-10+. The van der Waals surface area contributed by atoms with Gasteiger partial charge in [-0.15, -0.1) is 0 Å². The van der Waals surface area contributed by atoms with Gasteiger partial charge in [0.15, 0.2) is 0 Å². The number of halogens is 1. The third-order valence-electron chi connectivity index (χ3n) is 4.10. The van der Waals surface area contributed by atoms with E-state index in [9.17, 15) is 0 Å². The SMILES string of the molecule is CC/C(C)=C/C=C\C=C(/C)C(CCN(C)C)c1ccc(Br)cc1. The molecule has 0 aromatic heterocycles. The van der Waals surface area contributed by atoms with Gasteiger partial charge in [-0.3, -0.25) is 0 Å². The van der Waals surface area contributed by atoms with E-state index in [1.165, 1.54) is 16.7 Å². The van der Waals surface area contributed by atoms with Crippen LogP contribution in [0.3, 0.4) is 0 Å². The molecule has 0 aliphatic carbocycles. The second-order valence-corrected chi connectivity index (χ2v) is 7.27. The molecule has 0 N–H and O–H groups in total. The largest absolute Gasteiger partial charge is 0.309 e. The molecule has 1 aromatic rings. The molecule has 1 nitrogen and oxygen atoms in total. The quantitative estimate of drug-likeness (QED) is 0.478. The number of benzene rings is 1. The van der Waals surface area contributed by atoms with Crippen LogP contribution >= 0.6 is 15.9 Å². The maximum absolute atomic E-state index is 3.52. The van der Waals surface area contributed by atoms with E-state index in [2.05, 4.69) is 104 Å². The fraction of sp³-hybridized carbons (Fsp3) is 0.429. The van der Waals surface area contributed by atoms with Crippen LogP contribution in [-0.2, 0) is 0 Å². The van der Waals surface area contributed by atoms with Crippen LogP contribution in [0.15, 0.2) is 64.2 Å². The minimum atomic E-state index is 0.464. The lowest BCUT2D eigenvalue weighted by Crippen LogP contribution is -2.16. The lowest BCUT2D eigenvalue weighted by Gasteiger charge is -2.20. The van der Waals surface area contributed by atoms with Gasteiger partial charge in [0.1, 0.15) is 0 Å². The molecule has 1 unspecified atom stereocenters. The van der Waals surface area contributed by atoms with E-state index in [4.69, 9.17) is 0 Å². The summed E-state index contributed by atoms with van der Waals surface area (Å²) in [6.07, 6.45) is 11.0. The van der Waals surface area contributed by atoms with Gasteiger partial charge in [0.25, 0.3) is 0 Å². The van der Waals surface area contributed by atoms with E-state index in [0.717, 1.165) is 23.9 Å². The van der Waals surface area contributed by atoms with Gasteiger partial charge in [-0.25, -0.2) is 0 Å². The Balaban J connectivity index is 2.91. The molecule has 2 heteroatoms. The van der Waals surface area contributed by atoms with Crippen molar-refractivity contribution in [2.75, 3.05) is 20.6 Å². The van der Waals surface area contributed by atoms with Gasteiger partial charge in [0.05, 0.1) is 0 Å². The Kier molecular flexibility index (Phi) is 9.20. The fourth-order valence-corrected chi connectivity index (χ4v) is 2.67. The molecule has 0 bridgehead atoms. The molecule has 0 amide bonds. The predicted molar refractivity (Wildman–Crippen MR) is 107 cm³/mol. The first-order valence-corrected chi connectivity index (χ1v) is 9.14. The topological polar surface area (TPSA) is 3.24 Å². The highest BCUT2D eigenvalue weighted by atomic mass is 79.9. The van der Waals surface area contributed by atoms with E-state index in [1.807, 2.05) is 0 Å². The molecule has 0 saturated carbocycles. The molecule has 0 spiro atoms. The van der Waals surface area contributed by atoms with Gasteiger partial charge in [0.2, 0.25) is 0 Å². The minimum absolute atomic E-state index is 0.464. The molecule has 0 fully saturated rings. The van der Waals surface area contributed by atoms with E-state index in [0.29, 0.717) is 5.92 Å². The Labute approximate surface area is 150 Å². The Hall–Kier alpha value is -1.12. The van der Waals surface area contributed by atoms with E-state index in [-0.39, 0.29) is 0 Å². The maximum atomic E-state index is 3.52. The monoisotopic (exact) mass is 375 g/mol. The van der Waals surface area contributed by atoms with Crippen molar-refractivity contribution in [2.24, 2.45) is 0 Å². The minimum Gasteiger partial charge on any atom is -0.309 e. The van der Waals surface area contributed by atoms with Crippen molar-refractivity contribution in [2.45, 2.75) is 39.5 Å². The number of allylic oxidation sites excluding steroid dienone is 6. The smallest absolute Gasteiger partial charge is 0.0175 e. The van der Waals surface area contributed by atoms with Crippen LogP contribution < -0.4 is 0 Å². The average Bonchev–Trinajstić information content (AvgIpc) is 2.52. The van der Waals surface area contributed by atoms with Gasteiger partial charge in [0, 0.05) is 10.4 Å². The summed E-state index contributed by atoms with van der Waals surface area (Å²) in [6.45, 7) is 7.68. The maximum Gasteiger partial charge on any atom is 0.0175 e. The van der Waals surface area contributed by atoms with Crippen molar-refractivity contribution in [1.82, 2.24) is 4.90 Å².